The van der Waals surface area contributed by atoms with Crippen LogP contribution in [0.4, 0.5) is 15.8 Å². The lowest BCUT2D eigenvalue weighted by Gasteiger charge is -2.07. The van der Waals surface area contributed by atoms with Crippen LogP contribution in [0, 0.1) is 5.82 Å². The van der Waals surface area contributed by atoms with Gasteiger partial charge in [0.15, 0.2) is 12.4 Å². The van der Waals surface area contributed by atoms with Crippen molar-refractivity contribution in [2.45, 2.75) is 26.2 Å². The van der Waals surface area contributed by atoms with E-state index in [-0.39, 0.29) is 31.0 Å². The van der Waals surface area contributed by atoms with Crippen molar-refractivity contribution >= 4 is 34.9 Å². The Kier molecular flexibility index (Phi) is 8.02. The summed E-state index contributed by atoms with van der Waals surface area (Å²) in [6, 6.07) is 11.7. The minimum Gasteiger partial charge on any atom is -0.456 e. The Morgan fingerprint density at radius 1 is 0.828 bits per heavy atom. The van der Waals surface area contributed by atoms with Crippen LogP contribution in [-0.2, 0) is 19.1 Å². The molecule has 2 amide bonds. The average Bonchev–Trinajstić information content (AvgIpc) is 2.68. The summed E-state index contributed by atoms with van der Waals surface area (Å²) in [5.74, 6) is -1.91. The molecule has 0 aromatic heterocycles. The highest BCUT2D eigenvalue weighted by Crippen LogP contribution is 2.11. The predicted octanol–water partition coefficient (Wildman–Crippen LogP) is 3.32. The Bertz CT molecular complexity index is 879. The summed E-state index contributed by atoms with van der Waals surface area (Å²) in [4.78, 5) is 46.5. The number of ether oxygens (including phenoxy) is 1. The largest absolute Gasteiger partial charge is 0.456 e. The number of anilines is 2. The second kappa shape index (κ2) is 10.7. The summed E-state index contributed by atoms with van der Waals surface area (Å²) in [5.41, 5.74) is 1.50. The second-order valence-corrected chi connectivity index (χ2v) is 6.25. The molecule has 0 aliphatic heterocycles. The summed E-state index contributed by atoms with van der Waals surface area (Å²) in [5, 5.41) is 5.14. The van der Waals surface area contributed by atoms with Gasteiger partial charge in [-0.25, -0.2) is 4.39 Å². The van der Waals surface area contributed by atoms with Crippen molar-refractivity contribution in [1.82, 2.24) is 0 Å². The van der Waals surface area contributed by atoms with E-state index >= 15 is 0 Å². The van der Waals surface area contributed by atoms with Crippen LogP contribution in [0.1, 0.15) is 36.5 Å². The van der Waals surface area contributed by atoms with Crippen molar-refractivity contribution in [3.05, 3.63) is 59.9 Å². The van der Waals surface area contributed by atoms with E-state index in [1.807, 2.05) is 0 Å². The van der Waals surface area contributed by atoms with Crippen LogP contribution in [0.15, 0.2) is 48.5 Å². The van der Waals surface area contributed by atoms with Gasteiger partial charge < -0.3 is 15.4 Å². The maximum atomic E-state index is 12.8. The first-order valence-electron chi connectivity index (χ1n) is 8.95. The van der Waals surface area contributed by atoms with Crippen LogP contribution in [0.3, 0.4) is 0 Å². The molecule has 0 bridgehead atoms. The smallest absolute Gasteiger partial charge is 0.306 e. The maximum absolute atomic E-state index is 12.8. The van der Waals surface area contributed by atoms with Crippen LogP contribution in [0.2, 0.25) is 0 Å². The Labute approximate surface area is 167 Å². The molecule has 0 unspecified atom stereocenters. The lowest BCUT2D eigenvalue weighted by Crippen LogP contribution is -2.21. The van der Waals surface area contributed by atoms with Gasteiger partial charge in [-0.2, -0.15) is 0 Å². The van der Waals surface area contributed by atoms with Gasteiger partial charge in [0.25, 0.3) is 5.91 Å². The number of ketones is 1. The van der Waals surface area contributed by atoms with E-state index in [1.54, 1.807) is 24.3 Å². The van der Waals surface area contributed by atoms with Gasteiger partial charge in [-0.3, -0.25) is 19.2 Å². The van der Waals surface area contributed by atoms with Gasteiger partial charge in [-0.15, -0.1) is 0 Å². The number of hydrogen-bond acceptors (Lipinski definition) is 5. The second-order valence-electron chi connectivity index (χ2n) is 6.25. The number of carbonyl (C=O) groups is 4. The number of carbonyl (C=O) groups excluding carboxylic acids is 4. The van der Waals surface area contributed by atoms with Crippen molar-refractivity contribution in [2.24, 2.45) is 0 Å². The number of hydrogen-bond donors (Lipinski definition) is 2. The Balaban J connectivity index is 1.63. The average molecular weight is 400 g/mol. The molecular weight excluding hydrogens is 379 g/mol. The number of Topliss-reactive ketones (excluding diaryl/α,β-unsaturated/α-hetero) is 1. The van der Waals surface area contributed by atoms with Gasteiger partial charge >= 0.3 is 5.97 Å². The highest BCUT2D eigenvalue weighted by molar-refractivity contribution is 5.95. The molecule has 0 aliphatic carbocycles. The van der Waals surface area contributed by atoms with Gasteiger partial charge in [0.2, 0.25) is 5.91 Å². The Hall–Kier alpha value is -3.55. The molecule has 0 heterocycles. The van der Waals surface area contributed by atoms with Crippen molar-refractivity contribution in [3.8, 4) is 0 Å². The Morgan fingerprint density at radius 2 is 1.38 bits per heavy atom. The highest BCUT2D eigenvalue weighted by Gasteiger charge is 2.10. The minimum atomic E-state index is -0.599. The fourth-order valence-corrected chi connectivity index (χ4v) is 2.35. The molecule has 0 saturated heterocycles. The SMILES string of the molecule is CC(=O)c1ccc(NC(=O)CCCC(=O)OCC(=O)Nc2ccc(F)cc2)cc1. The number of rotatable bonds is 9. The van der Waals surface area contributed by atoms with E-state index in [4.69, 9.17) is 4.74 Å². The standard InChI is InChI=1S/C21H21FN2O5/c1-14(25)15-5-9-17(10-6-15)23-19(26)3-2-4-21(28)29-13-20(27)24-18-11-7-16(22)8-12-18/h5-12H,2-4,13H2,1H3,(H,23,26)(H,24,27). The Morgan fingerprint density at radius 3 is 1.97 bits per heavy atom. The first-order chi connectivity index (χ1) is 13.8. The van der Waals surface area contributed by atoms with Gasteiger partial charge in [-0.1, -0.05) is 0 Å². The molecular formula is C21H21FN2O5. The van der Waals surface area contributed by atoms with Crippen LogP contribution < -0.4 is 10.6 Å². The number of benzene rings is 2. The van der Waals surface area contributed by atoms with E-state index in [0.717, 1.165) is 0 Å². The van der Waals surface area contributed by atoms with Crippen molar-refractivity contribution in [2.75, 3.05) is 17.2 Å². The molecule has 0 spiro atoms. The molecule has 0 atom stereocenters. The molecule has 0 saturated carbocycles. The third-order valence-electron chi connectivity index (χ3n) is 3.85. The molecule has 2 aromatic carbocycles. The van der Waals surface area contributed by atoms with E-state index < -0.39 is 24.3 Å². The van der Waals surface area contributed by atoms with Gasteiger partial charge in [0.05, 0.1) is 0 Å². The number of amides is 2. The third kappa shape index (κ3) is 7.92. The summed E-state index contributed by atoms with van der Waals surface area (Å²) < 4.78 is 17.6. The van der Waals surface area contributed by atoms with Gasteiger partial charge in [0, 0.05) is 29.8 Å². The first kappa shape index (κ1) is 21.7. The van der Waals surface area contributed by atoms with Crippen molar-refractivity contribution in [1.29, 1.82) is 0 Å². The lowest BCUT2D eigenvalue weighted by molar-refractivity contribution is -0.147. The number of esters is 1. The van der Waals surface area contributed by atoms with Crippen molar-refractivity contribution < 1.29 is 28.3 Å². The monoisotopic (exact) mass is 400 g/mol. The first-order valence-corrected chi connectivity index (χ1v) is 8.95. The number of halogens is 1. The fourth-order valence-electron chi connectivity index (χ4n) is 2.35. The van der Waals surface area contributed by atoms with Crippen LogP contribution in [-0.4, -0.2) is 30.2 Å². The molecule has 2 N–H and O–H groups in total. The van der Waals surface area contributed by atoms with E-state index in [0.29, 0.717) is 16.9 Å². The molecule has 0 fully saturated rings. The zero-order valence-corrected chi connectivity index (χ0v) is 15.9. The summed E-state index contributed by atoms with van der Waals surface area (Å²) in [7, 11) is 0. The quantitative estimate of drug-likeness (QED) is 0.497. The lowest BCUT2D eigenvalue weighted by atomic mass is 10.1. The van der Waals surface area contributed by atoms with Crippen LogP contribution in [0.25, 0.3) is 0 Å². The maximum Gasteiger partial charge on any atom is 0.306 e. The molecule has 152 valence electrons. The number of nitrogens with one attached hydrogen (secondary N) is 2. The van der Waals surface area contributed by atoms with E-state index in [9.17, 15) is 23.6 Å². The van der Waals surface area contributed by atoms with E-state index in [1.165, 1.54) is 31.2 Å². The van der Waals surface area contributed by atoms with Gasteiger partial charge in [-0.05, 0) is 61.9 Å². The topological polar surface area (TPSA) is 102 Å². The zero-order valence-electron chi connectivity index (χ0n) is 15.9. The van der Waals surface area contributed by atoms with E-state index in [2.05, 4.69) is 10.6 Å². The van der Waals surface area contributed by atoms with Crippen LogP contribution >= 0.6 is 0 Å². The fraction of sp³-hybridized carbons (Fsp3) is 0.238. The summed E-state index contributed by atoms with van der Waals surface area (Å²) in [6.07, 6.45) is 0.349. The highest BCUT2D eigenvalue weighted by atomic mass is 19.1. The van der Waals surface area contributed by atoms with Crippen LogP contribution in [0.5, 0.6) is 0 Å². The third-order valence-corrected chi connectivity index (χ3v) is 3.85. The molecule has 0 radical (unpaired) electrons. The molecule has 2 aromatic rings. The zero-order chi connectivity index (χ0) is 21.2. The summed E-state index contributed by atoms with van der Waals surface area (Å²) in [6.45, 7) is 0.990. The summed E-state index contributed by atoms with van der Waals surface area (Å²) >= 11 is 0. The predicted molar refractivity (Wildman–Crippen MR) is 105 cm³/mol. The molecule has 8 heteroatoms. The minimum absolute atomic E-state index is 0.0134. The molecule has 2 rings (SSSR count). The molecule has 7 nitrogen and oxygen atoms in total. The molecule has 29 heavy (non-hydrogen) atoms. The molecule has 0 aliphatic rings. The normalized spacial score (nSPS) is 10.1. The van der Waals surface area contributed by atoms with Crippen molar-refractivity contribution in [3.63, 3.8) is 0 Å². The van der Waals surface area contributed by atoms with Gasteiger partial charge in [0.1, 0.15) is 5.82 Å².